The maximum atomic E-state index is 11.7. The monoisotopic (exact) mass is 226 g/mol. The number of hydrogen-bond acceptors (Lipinski definition) is 2. The van der Waals surface area contributed by atoms with Gasteiger partial charge in [-0.2, -0.15) is 13.2 Å². The highest BCUT2D eigenvalue weighted by atomic mass is 19.4. The molecule has 0 fully saturated rings. The van der Waals surface area contributed by atoms with Crippen molar-refractivity contribution in [2.45, 2.75) is 33.4 Å². The average Bonchev–Trinajstić information content (AvgIpc) is 2.09. The second kappa shape index (κ2) is 6.33. The normalized spacial score (nSPS) is 13.2. The first-order valence-electron chi connectivity index (χ1n) is 5.25. The summed E-state index contributed by atoms with van der Waals surface area (Å²) in [6.45, 7) is 7.19. The van der Waals surface area contributed by atoms with Crippen LogP contribution >= 0.6 is 0 Å². The van der Waals surface area contributed by atoms with E-state index in [1.807, 2.05) is 0 Å². The summed E-state index contributed by atoms with van der Waals surface area (Å²) in [5, 5.41) is 5.48. The molecule has 0 saturated carbocycles. The molecule has 0 radical (unpaired) electrons. The van der Waals surface area contributed by atoms with Gasteiger partial charge in [0.05, 0.1) is 6.54 Å². The van der Waals surface area contributed by atoms with E-state index in [0.29, 0.717) is 13.1 Å². The van der Waals surface area contributed by atoms with Crippen molar-refractivity contribution >= 4 is 0 Å². The first kappa shape index (κ1) is 14.7. The van der Waals surface area contributed by atoms with E-state index in [1.165, 1.54) is 0 Å². The van der Waals surface area contributed by atoms with Crippen molar-refractivity contribution in [2.75, 3.05) is 26.2 Å². The Morgan fingerprint density at radius 2 is 1.40 bits per heavy atom. The van der Waals surface area contributed by atoms with Crippen molar-refractivity contribution in [3.63, 3.8) is 0 Å². The minimum Gasteiger partial charge on any atom is -0.315 e. The van der Waals surface area contributed by atoms with Crippen LogP contribution in [0.2, 0.25) is 0 Å². The van der Waals surface area contributed by atoms with Gasteiger partial charge < -0.3 is 10.6 Å². The first-order chi connectivity index (χ1) is 6.77. The maximum Gasteiger partial charge on any atom is 0.401 e. The minimum atomic E-state index is -4.11. The van der Waals surface area contributed by atoms with E-state index in [4.69, 9.17) is 0 Å². The fourth-order valence-corrected chi connectivity index (χ4v) is 0.959. The van der Waals surface area contributed by atoms with Gasteiger partial charge in [0.2, 0.25) is 0 Å². The van der Waals surface area contributed by atoms with Crippen molar-refractivity contribution in [3.8, 4) is 0 Å². The molecule has 2 nitrogen and oxygen atoms in total. The highest BCUT2D eigenvalue weighted by molar-refractivity contribution is 4.69. The smallest absolute Gasteiger partial charge is 0.315 e. The molecule has 0 spiro atoms. The molecule has 0 unspecified atom stereocenters. The average molecular weight is 226 g/mol. The molecule has 0 aromatic carbocycles. The molecule has 0 rings (SSSR count). The van der Waals surface area contributed by atoms with Gasteiger partial charge in [0, 0.05) is 19.6 Å². The van der Waals surface area contributed by atoms with Crippen LogP contribution in [-0.4, -0.2) is 32.4 Å². The van der Waals surface area contributed by atoms with Crippen molar-refractivity contribution < 1.29 is 13.2 Å². The Bertz CT molecular complexity index is 167. The highest BCUT2D eigenvalue weighted by Crippen LogP contribution is 2.17. The summed E-state index contributed by atoms with van der Waals surface area (Å²) in [5.41, 5.74) is 0.212. The Morgan fingerprint density at radius 1 is 0.933 bits per heavy atom. The molecule has 0 aromatic rings. The zero-order valence-corrected chi connectivity index (χ0v) is 9.67. The van der Waals surface area contributed by atoms with E-state index in [2.05, 4.69) is 31.4 Å². The summed E-state index contributed by atoms with van der Waals surface area (Å²) in [6.07, 6.45) is -3.06. The van der Waals surface area contributed by atoms with E-state index >= 15 is 0 Å². The summed E-state index contributed by atoms with van der Waals surface area (Å²) < 4.78 is 35.2. The summed E-state index contributed by atoms with van der Waals surface area (Å²) in [4.78, 5) is 0. The fraction of sp³-hybridized carbons (Fsp3) is 1.00. The molecule has 2 N–H and O–H groups in total. The summed E-state index contributed by atoms with van der Waals surface area (Å²) in [7, 11) is 0. The van der Waals surface area contributed by atoms with Crippen LogP contribution in [0.4, 0.5) is 13.2 Å². The molecule has 0 saturated heterocycles. The number of alkyl halides is 3. The zero-order chi connectivity index (χ0) is 11.9. The largest absolute Gasteiger partial charge is 0.401 e. The quantitative estimate of drug-likeness (QED) is 0.650. The van der Waals surface area contributed by atoms with Gasteiger partial charge in [-0.1, -0.05) is 20.8 Å². The van der Waals surface area contributed by atoms with Crippen LogP contribution in [0.3, 0.4) is 0 Å². The number of nitrogens with one attached hydrogen (secondary N) is 2. The topological polar surface area (TPSA) is 24.1 Å². The van der Waals surface area contributed by atoms with Crippen molar-refractivity contribution in [1.82, 2.24) is 10.6 Å². The molecule has 0 aliphatic rings. The first-order valence-corrected chi connectivity index (χ1v) is 5.25. The van der Waals surface area contributed by atoms with Gasteiger partial charge in [0.25, 0.3) is 0 Å². The number of rotatable bonds is 7. The van der Waals surface area contributed by atoms with Gasteiger partial charge >= 0.3 is 6.18 Å². The molecule has 15 heavy (non-hydrogen) atoms. The molecule has 0 amide bonds. The predicted octanol–water partition coefficient (Wildman–Crippen LogP) is 2.16. The number of halogens is 3. The molecule has 92 valence electrons. The summed E-state index contributed by atoms with van der Waals surface area (Å²) in [5.74, 6) is 0. The van der Waals surface area contributed by atoms with Crippen LogP contribution in [0.15, 0.2) is 0 Å². The minimum absolute atomic E-state index is 0.212. The van der Waals surface area contributed by atoms with Gasteiger partial charge in [-0.05, 0) is 11.8 Å². The molecule has 0 atom stereocenters. The van der Waals surface area contributed by atoms with Gasteiger partial charge in [-0.15, -0.1) is 0 Å². The standard InChI is InChI=1S/C10H21F3N2/c1-4-9(2,3)7-14-5-6-15-8-10(11,12)13/h14-15H,4-8H2,1-3H3. The molecule has 5 heteroatoms. The lowest BCUT2D eigenvalue weighted by Crippen LogP contribution is -2.37. The third-order valence-electron chi connectivity index (χ3n) is 2.36. The second-order valence-corrected chi connectivity index (χ2v) is 4.49. The Balaban J connectivity index is 3.33. The Labute approximate surface area is 89.6 Å². The van der Waals surface area contributed by atoms with E-state index in [9.17, 15) is 13.2 Å². The van der Waals surface area contributed by atoms with E-state index in [-0.39, 0.29) is 5.41 Å². The van der Waals surface area contributed by atoms with Crippen LogP contribution in [0, 0.1) is 5.41 Å². The van der Waals surface area contributed by atoms with Gasteiger partial charge in [0.15, 0.2) is 0 Å². The Kier molecular flexibility index (Phi) is 6.20. The van der Waals surface area contributed by atoms with Crippen molar-refractivity contribution in [2.24, 2.45) is 5.41 Å². The second-order valence-electron chi connectivity index (χ2n) is 4.49. The number of hydrogen-bond donors (Lipinski definition) is 2. The van der Waals surface area contributed by atoms with Gasteiger partial charge in [-0.25, -0.2) is 0 Å². The van der Waals surface area contributed by atoms with Crippen LogP contribution < -0.4 is 10.6 Å². The lowest BCUT2D eigenvalue weighted by Gasteiger charge is -2.23. The van der Waals surface area contributed by atoms with Crippen LogP contribution in [0.25, 0.3) is 0 Å². The van der Waals surface area contributed by atoms with Crippen LogP contribution in [0.5, 0.6) is 0 Å². The molecule has 0 aliphatic heterocycles. The van der Waals surface area contributed by atoms with Crippen molar-refractivity contribution in [3.05, 3.63) is 0 Å². The van der Waals surface area contributed by atoms with Crippen LogP contribution in [0.1, 0.15) is 27.2 Å². The van der Waals surface area contributed by atoms with Crippen molar-refractivity contribution in [1.29, 1.82) is 0 Å². The molecule has 0 aromatic heterocycles. The predicted molar refractivity (Wildman–Crippen MR) is 55.9 cm³/mol. The Hall–Kier alpha value is -0.290. The molecular weight excluding hydrogens is 205 g/mol. The summed E-state index contributed by atoms with van der Waals surface area (Å²) in [6, 6.07) is 0. The van der Waals surface area contributed by atoms with Crippen LogP contribution in [-0.2, 0) is 0 Å². The van der Waals surface area contributed by atoms with E-state index in [0.717, 1.165) is 13.0 Å². The molecule has 0 heterocycles. The highest BCUT2D eigenvalue weighted by Gasteiger charge is 2.25. The van der Waals surface area contributed by atoms with Gasteiger partial charge in [0.1, 0.15) is 0 Å². The fourth-order valence-electron chi connectivity index (χ4n) is 0.959. The van der Waals surface area contributed by atoms with E-state index in [1.54, 1.807) is 0 Å². The lowest BCUT2D eigenvalue weighted by molar-refractivity contribution is -0.124. The third kappa shape index (κ3) is 10.0. The zero-order valence-electron chi connectivity index (χ0n) is 9.67. The van der Waals surface area contributed by atoms with Gasteiger partial charge in [-0.3, -0.25) is 0 Å². The molecule has 0 aliphatic carbocycles. The SMILES string of the molecule is CCC(C)(C)CNCCNCC(F)(F)F. The lowest BCUT2D eigenvalue weighted by atomic mass is 9.90. The third-order valence-corrected chi connectivity index (χ3v) is 2.36. The molecule has 0 bridgehead atoms. The maximum absolute atomic E-state index is 11.7. The van der Waals surface area contributed by atoms with E-state index < -0.39 is 12.7 Å². The Morgan fingerprint density at radius 3 is 1.80 bits per heavy atom. The summed E-state index contributed by atoms with van der Waals surface area (Å²) >= 11 is 0. The molecular formula is C10H21F3N2.